The van der Waals surface area contributed by atoms with Crippen LogP contribution in [0, 0.1) is 10.8 Å². The van der Waals surface area contributed by atoms with E-state index in [1.54, 1.807) is 18.6 Å². The Hall–Kier alpha value is -3.64. The molecule has 0 aliphatic rings. The van der Waals surface area contributed by atoms with E-state index in [2.05, 4.69) is 44.6 Å². The van der Waals surface area contributed by atoms with E-state index in [1.807, 2.05) is 66.2 Å². The molecule has 0 unspecified atom stereocenters. The van der Waals surface area contributed by atoms with Gasteiger partial charge in [-0.1, -0.05) is 61.2 Å². The fourth-order valence-corrected chi connectivity index (χ4v) is 4.89. The van der Waals surface area contributed by atoms with Crippen LogP contribution in [0.5, 0.6) is 11.8 Å². The predicted molar refractivity (Wildman–Crippen MR) is 175 cm³/mol. The normalized spacial score (nSPS) is 12.2. The minimum absolute atomic E-state index is 0.0336. The predicted octanol–water partition coefficient (Wildman–Crippen LogP) is 6.96. The minimum Gasteiger partial charge on any atom is -0.477 e. The second-order valence-electron chi connectivity index (χ2n) is 13.9. The molecular formula is C32H48N6O5Si. The molecule has 11 nitrogen and oxygen atoms in total. The molecule has 4 heterocycles. The van der Waals surface area contributed by atoms with E-state index in [-0.39, 0.29) is 11.6 Å². The topological polar surface area (TPSA) is 134 Å². The number of nitrogens with zero attached hydrogens (tertiary/aromatic N) is 5. The molecule has 4 aromatic rings. The number of aromatic amines is 1. The number of H-pyrrole nitrogens is 1. The number of fused-ring (bicyclic) bond motifs is 2. The lowest BCUT2D eigenvalue weighted by molar-refractivity contribution is 0.0846. The van der Waals surface area contributed by atoms with E-state index in [0.717, 1.165) is 6.04 Å². The molecule has 240 valence electrons. The molecule has 0 spiro atoms. The summed E-state index contributed by atoms with van der Waals surface area (Å²) in [5.41, 5.74) is 2.58. The average Bonchev–Trinajstić information content (AvgIpc) is 3.50. The third-order valence-electron chi connectivity index (χ3n) is 6.56. The van der Waals surface area contributed by atoms with Crippen LogP contribution in [-0.2, 0) is 11.5 Å². The third kappa shape index (κ3) is 8.95. The van der Waals surface area contributed by atoms with Gasteiger partial charge in [-0.15, -0.1) is 0 Å². The van der Waals surface area contributed by atoms with Gasteiger partial charge in [-0.25, -0.2) is 19.9 Å². The van der Waals surface area contributed by atoms with Crippen molar-refractivity contribution in [2.45, 2.75) is 87.8 Å². The van der Waals surface area contributed by atoms with Crippen LogP contribution in [0.4, 0.5) is 0 Å². The van der Waals surface area contributed by atoms with Gasteiger partial charge in [0.15, 0.2) is 22.9 Å². The maximum Gasteiger partial charge on any atom is 0.233 e. The van der Waals surface area contributed by atoms with Crippen LogP contribution in [0.3, 0.4) is 0 Å². The maximum atomic E-state index is 12.9. The molecule has 0 saturated carbocycles. The van der Waals surface area contributed by atoms with Crippen LogP contribution in [0.15, 0.2) is 24.8 Å². The van der Waals surface area contributed by atoms with Crippen molar-refractivity contribution in [3.05, 3.63) is 35.9 Å². The van der Waals surface area contributed by atoms with E-state index >= 15 is 0 Å². The van der Waals surface area contributed by atoms with Gasteiger partial charge >= 0.3 is 0 Å². The van der Waals surface area contributed by atoms with Crippen molar-refractivity contribution >= 4 is 42.0 Å². The molecule has 0 aromatic carbocycles. The number of carbonyl (C=O) groups excluding carboxylic acids is 2. The SMILES string of the molecule is CCOc1cnc2[nH]cc(C(=O)C(C)(C)C)c2n1.CCOc1cnc2c(n1)c(C(=O)C(C)(C)C)cn2COCC[Si](C)(C)C. The van der Waals surface area contributed by atoms with Gasteiger partial charge < -0.3 is 23.8 Å². The molecule has 0 bridgehead atoms. The number of ketones is 2. The Bertz CT molecular complexity index is 1590. The van der Waals surface area contributed by atoms with E-state index in [1.165, 1.54) is 0 Å². The lowest BCUT2D eigenvalue weighted by atomic mass is 9.87. The summed E-state index contributed by atoms with van der Waals surface area (Å²) in [5, 5.41) is 0. The number of hydrogen-bond acceptors (Lipinski definition) is 9. The Kier molecular flexibility index (Phi) is 11.1. The highest BCUT2D eigenvalue weighted by Gasteiger charge is 2.28. The molecular weight excluding hydrogens is 576 g/mol. The summed E-state index contributed by atoms with van der Waals surface area (Å²) in [5.74, 6) is 0.941. The van der Waals surface area contributed by atoms with Crippen LogP contribution in [0.2, 0.25) is 25.7 Å². The molecule has 0 radical (unpaired) electrons. The zero-order valence-electron chi connectivity index (χ0n) is 28.1. The number of Topliss-reactive ketones (excluding diaryl/α,β-unsaturated/α-hetero) is 2. The highest BCUT2D eigenvalue weighted by Crippen LogP contribution is 2.28. The Morgan fingerprint density at radius 1 is 0.841 bits per heavy atom. The fraction of sp³-hybridized carbons (Fsp3) is 0.562. The fourth-order valence-electron chi connectivity index (χ4n) is 4.13. The van der Waals surface area contributed by atoms with Gasteiger partial charge in [0.1, 0.15) is 17.8 Å². The van der Waals surface area contributed by atoms with Crippen LogP contribution in [0.25, 0.3) is 22.3 Å². The molecule has 0 saturated heterocycles. The summed E-state index contributed by atoms with van der Waals surface area (Å²) in [4.78, 5) is 45.6. The standard InChI is InChI=1S/C19H31N3O3Si.C13H17N3O2/c1-8-25-15-11-20-18-16(21-15)14(17(23)19(2,3)4)12-22(18)13-24-9-10-26(5,6)7;1-5-18-9-7-15-12-10(16-9)8(6-14-12)11(17)13(2,3)4/h11-12H,8-10,13H2,1-7H3;6-7H,5H2,1-4H3,(H,14,15). The third-order valence-corrected chi connectivity index (χ3v) is 8.27. The lowest BCUT2D eigenvalue weighted by Gasteiger charge is -2.16. The van der Waals surface area contributed by atoms with Crippen molar-refractivity contribution in [2.75, 3.05) is 19.8 Å². The highest BCUT2D eigenvalue weighted by molar-refractivity contribution is 6.76. The number of aromatic nitrogens is 6. The molecule has 44 heavy (non-hydrogen) atoms. The first-order valence-corrected chi connectivity index (χ1v) is 18.8. The van der Waals surface area contributed by atoms with Gasteiger partial charge in [0.25, 0.3) is 0 Å². The molecule has 0 amide bonds. The number of ether oxygens (including phenoxy) is 3. The molecule has 0 aliphatic carbocycles. The van der Waals surface area contributed by atoms with Crippen molar-refractivity contribution in [2.24, 2.45) is 10.8 Å². The second-order valence-corrected chi connectivity index (χ2v) is 19.5. The zero-order valence-corrected chi connectivity index (χ0v) is 29.1. The summed E-state index contributed by atoms with van der Waals surface area (Å²) in [6, 6.07) is 1.10. The van der Waals surface area contributed by atoms with E-state index in [9.17, 15) is 9.59 Å². The van der Waals surface area contributed by atoms with Crippen molar-refractivity contribution in [1.82, 2.24) is 29.5 Å². The quantitative estimate of drug-likeness (QED) is 0.107. The maximum absolute atomic E-state index is 12.9. The largest absolute Gasteiger partial charge is 0.477 e. The van der Waals surface area contributed by atoms with Gasteiger partial charge in [-0.3, -0.25) is 9.59 Å². The number of carbonyl (C=O) groups is 2. The average molecular weight is 625 g/mol. The number of nitrogens with one attached hydrogen (secondary N) is 1. The molecule has 0 fully saturated rings. The summed E-state index contributed by atoms with van der Waals surface area (Å²) in [7, 11) is -1.14. The summed E-state index contributed by atoms with van der Waals surface area (Å²) in [6.45, 7) is 24.2. The summed E-state index contributed by atoms with van der Waals surface area (Å²) in [6.07, 6.45) is 6.61. The lowest BCUT2D eigenvalue weighted by Crippen LogP contribution is -2.22. The van der Waals surface area contributed by atoms with E-state index in [0.29, 0.717) is 71.8 Å². The van der Waals surface area contributed by atoms with Gasteiger partial charge in [-0.2, -0.15) is 0 Å². The molecule has 12 heteroatoms. The summed E-state index contributed by atoms with van der Waals surface area (Å²) >= 11 is 0. The smallest absolute Gasteiger partial charge is 0.233 e. The molecule has 0 aliphatic heterocycles. The highest BCUT2D eigenvalue weighted by atomic mass is 28.3. The Morgan fingerprint density at radius 3 is 1.93 bits per heavy atom. The van der Waals surface area contributed by atoms with Crippen LogP contribution < -0.4 is 9.47 Å². The van der Waals surface area contributed by atoms with Crippen molar-refractivity contribution in [3.8, 4) is 11.8 Å². The first kappa shape index (κ1) is 34.8. The van der Waals surface area contributed by atoms with Gasteiger partial charge in [0.05, 0.1) is 36.7 Å². The van der Waals surface area contributed by atoms with Gasteiger partial charge in [0, 0.05) is 37.9 Å². The van der Waals surface area contributed by atoms with Crippen LogP contribution >= 0.6 is 0 Å². The van der Waals surface area contributed by atoms with Crippen molar-refractivity contribution in [1.29, 1.82) is 0 Å². The summed E-state index contributed by atoms with van der Waals surface area (Å²) < 4.78 is 18.5. The molecule has 0 atom stereocenters. The Balaban J connectivity index is 0.000000257. The first-order chi connectivity index (χ1) is 20.5. The van der Waals surface area contributed by atoms with Crippen molar-refractivity contribution in [3.63, 3.8) is 0 Å². The molecule has 4 aromatic heterocycles. The van der Waals surface area contributed by atoms with Gasteiger partial charge in [-0.05, 0) is 19.9 Å². The number of rotatable bonds is 11. The Morgan fingerprint density at radius 2 is 1.39 bits per heavy atom. The first-order valence-electron chi connectivity index (χ1n) is 15.1. The van der Waals surface area contributed by atoms with Crippen LogP contribution in [-0.4, -0.2) is 68.9 Å². The van der Waals surface area contributed by atoms with Crippen molar-refractivity contribution < 1.29 is 23.8 Å². The monoisotopic (exact) mass is 624 g/mol. The number of hydrogen-bond donors (Lipinski definition) is 1. The Labute approximate surface area is 261 Å². The van der Waals surface area contributed by atoms with E-state index < -0.39 is 18.9 Å². The van der Waals surface area contributed by atoms with E-state index in [4.69, 9.17) is 14.2 Å². The van der Waals surface area contributed by atoms with Gasteiger partial charge in [0.2, 0.25) is 11.8 Å². The molecule has 4 rings (SSSR count). The van der Waals surface area contributed by atoms with Crippen LogP contribution in [0.1, 0.15) is 76.1 Å². The zero-order chi connectivity index (χ0) is 32.9. The second kappa shape index (κ2) is 14.0. The minimum atomic E-state index is -1.14. The molecule has 1 N–H and O–H groups in total.